The quantitative estimate of drug-likeness (QED) is 0.685. The van der Waals surface area contributed by atoms with Crippen molar-refractivity contribution in [1.82, 2.24) is 14.5 Å². The van der Waals surface area contributed by atoms with E-state index in [-0.39, 0.29) is 17.5 Å². The molecule has 2 rings (SSSR count). The van der Waals surface area contributed by atoms with Crippen LogP contribution in [0.25, 0.3) is 10.9 Å². The fourth-order valence-electron chi connectivity index (χ4n) is 3.26. The smallest absolute Gasteiger partial charge is 0.261 e. The van der Waals surface area contributed by atoms with Gasteiger partial charge in [0.25, 0.3) is 5.56 Å². The van der Waals surface area contributed by atoms with Crippen LogP contribution in [0.15, 0.2) is 29.1 Å². The fraction of sp³-hybridized carbons (Fsp3) is 0.550. The topological polar surface area (TPSA) is 55.2 Å². The first-order chi connectivity index (χ1) is 12.0. The van der Waals surface area contributed by atoms with Crippen LogP contribution in [0.5, 0.6) is 0 Å². The second-order valence-electron chi connectivity index (χ2n) is 6.52. The second-order valence-corrected chi connectivity index (χ2v) is 6.52. The van der Waals surface area contributed by atoms with Crippen LogP contribution in [0, 0.1) is 0 Å². The van der Waals surface area contributed by atoms with Crippen molar-refractivity contribution < 1.29 is 4.79 Å². The Morgan fingerprint density at radius 1 is 1.20 bits per heavy atom. The van der Waals surface area contributed by atoms with Crippen LogP contribution in [-0.2, 0) is 11.8 Å². The average molecular weight is 343 g/mol. The number of carbonyl (C=O) groups excluding carboxylic acids is 1. The maximum atomic E-state index is 12.6. The Morgan fingerprint density at radius 3 is 2.60 bits per heavy atom. The largest absolute Gasteiger partial charge is 0.333 e. The van der Waals surface area contributed by atoms with Gasteiger partial charge < -0.3 is 4.90 Å². The van der Waals surface area contributed by atoms with Crippen LogP contribution in [0.4, 0.5) is 0 Å². The van der Waals surface area contributed by atoms with E-state index in [0.717, 1.165) is 25.7 Å². The Kier molecular flexibility index (Phi) is 6.73. The van der Waals surface area contributed by atoms with Gasteiger partial charge in [-0.05, 0) is 32.4 Å². The predicted molar refractivity (Wildman–Crippen MR) is 102 cm³/mol. The number of hydrogen-bond acceptors (Lipinski definition) is 3. The second kappa shape index (κ2) is 8.79. The van der Waals surface area contributed by atoms with E-state index in [1.807, 2.05) is 36.9 Å². The van der Waals surface area contributed by atoms with Crippen LogP contribution < -0.4 is 5.56 Å². The first-order valence-corrected chi connectivity index (χ1v) is 9.26. The number of fused-ring (bicyclic) bond motifs is 1. The lowest BCUT2D eigenvalue weighted by molar-refractivity contribution is -0.133. The van der Waals surface area contributed by atoms with Crippen molar-refractivity contribution in [2.24, 2.45) is 7.05 Å². The molecule has 5 nitrogen and oxygen atoms in total. The Morgan fingerprint density at radius 2 is 1.92 bits per heavy atom. The van der Waals surface area contributed by atoms with Gasteiger partial charge in [0.1, 0.15) is 5.82 Å². The average Bonchev–Trinajstić information content (AvgIpc) is 2.62. The lowest BCUT2D eigenvalue weighted by Crippen LogP contribution is -2.37. The van der Waals surface area contributed by atoms with Crippen molar-refractivity contribution in [3.05, 3.63) is 40.4 Å². The van der Waals surface area contributed by atoms with Gasteiger partial charge in [-0.2, -0.15) is 0 Å². The third-order valence-corrected chi connectivity index (χ3v) is 4.76. The summed E-state index contributed by atoms with van der Waals surface area (Å²) in [5.41, 5.74) is 0.609. The molecule has 1 heterocycles. The summed E-state index contributed by atoms with van der Waals surface area (Å²) < 4.78 is 1.57. The summed E-state index contributed by atoms with van der Waals surface area (Å²) in [5, 5.41) is 0.606. The number of nitrogens with zero attached hydrogens (tertiary/aromatic N) is 3. The summed E-state index contributed by atoms with van der Waals surface area (Å²) in [4.78, 5) is 31.7. The minimum Gasteiger partial charge on any atom is -0.333 e. The van der Waals surface area contributed by atoms with E-state index in [2.05, 4.69) is 11.9 Å². The molecule has 1 amide bonds. The van der Waals surface area contributed by atoms with Crippen LogP contribution in [0.3, 0.4) is 0 Å². The normalized spacial score (nSPS) is 12.3. The van der Waals surface area contributed by atoms with E-state index < -0.39 is 0 Å². The van der Waals surface area contributed by atoms with Gasteiger partial charge in [0.05, 0.1) is 16.9 Å². The molecule has 0 aliphatic rings. The van der Waals surface area contributed by atoms with E-state index in [4.69, 9.17) is 0 Å². The molecule has 1 unspecified atom stereocenters. The minimum atomic E-state index is -0.231. The standard InChI is InChI=1S/C20H29N3O2/c1-5-7-8-9-14-18(24)23(6-2)15(3)19-21-17-13-11-10-12-16(17)20(25)22(19)4/h10-13,15H,5-9,14H2,1-4H3. The highest BCUT2D eigenvalue weighted by atomic mass is 16.2. The van der Waals surface area contributed by atoms with Crippen molar-refractivity contribution >= 4 is 16.8 Å². The number of benzene rings is 1. The highest BCUT2D eigenvalue weighted by Gasteiger charge is 2.23. The fourth-order valence-corrected chi connectivity index (χ4v) is 3.26. The third kappa shape index (κ3) is 4.27. The van der Waals surface area contributed by atoms with Gasteiger partial charge in [-0.25, -0.2) is 4.98 Å². The molecular formula is C20H29N3O2. The van der Waals surface area contributed by atoms with Crippen LogP contribution in [0.1, 0.15) is 64.7 Å². The molecule has 0 fully saturated rings. The van der Waals surface area contributed by atoms with Crippen molar-refractivity contribution in [3.8, 4) is 0 Å². The van der Waals surface area contributed by atoms with E-state index in [1.54, 1.807) is 17.7 Å². The first-order valence-electron chi connectivity index (χ1n) is 9.26. The lowest BCUT2D eigenvalue weighted by atomic mass is 10.1. The number of unbranched alkanes of at least 4 members (excludes halogenated alkanes) is 3. The SMILES string of the molecule is CCCCCCC(=O)N(CC)C(C)c1nc2ccccc2c(=O)n1C. The van der Waals surface area contributed by atoms with Crippen molar-refractivity contribution in [3.63, 3.8) is 0 Å². The summed E-state index contributed by atoms with van der Waals surface area (Å²) in [6, 6.07) is 7.11. The molecule has 2 aromatic rings. The van der Waals surface area contributed by atoms with Gasteiger partial charge in [-0.1, -0.05) is 38.3 Å². The summed E-state index contributed by atoms with van der Waals surface area (Å²) in [6.45, 7) is 6.69. The maximum Gasteiger partial charge on any atom is 0.261 e. The van der Waals surface area contributed by atoms with E-state index in [9.17, 15) is 9.59 Å². The molecule has 0 saturated heterocycles. The van der Waals surface area contributed by atoms with Crippen molar-refractivity contribution in [2.75, 3.05) is 6.54 Å². The number of amides is 1. The zero-order valence-corrected chi connectivity index (χ0v) is 15.8. The van der Waals surface area contributed by atoms with E-state index in [1.165, 1.54) is 0 Å². The van der Waals surface area contributed by atoms with Crippen molar-refractivity contribution in [2.45, 2.75) is 58.9 Å². The van der Waals surface area contributed by atoms with Gasteiger partial charge in [-0.3, -0.25) is 14.2 Å². The summed E-state index contributed by atoms with van der Waals surface area (Å²) in [7, 11) is 1.73. The van der Waals surface area contributed by atoms with Crippen LogP contribution in [-0.4, -0.2) is 26.9 Å². The molecule has 1 aromatic heterocycles. The Labute approximate surface area is 149 Å². The number of carbonyl (C=O) groups is 1. The Hall–Kier alpha value is -2.17. The number of aromatic nitrogens is 2. The molecule has 1 atom stereocenters. The lowest BCUT2D eigenvalue weighted by Gasteiger charge is -2.29. The Bertz CT molecular complexity index is 782. The van der Waals surface area contributed by atoms with Gasteiger partial charge in [0, 0.05) is 20.0 Å². The zero-order valence-electron chi connectivity index (χ0n) is 15.8. The summed E-state index contributed by atoms with van der Waals surface area (Å²) in [5.74, 6) is 0.765. The van der Waals surface area contributed by atoms with Crippen LogP contribution in [0.2, 0.25) is 0 Å². The molecule has 0 N–H and O–H groups in total. The summed E-state index contributed by atoms with van der Waals surface area (Å²) >= 11 is 0. The van der Waals surface area contributed by atoms with E-state index in [0.29, 0.717) is 29.7 Å². The monoisotopic (exact) mass is 343 g/mol. The minimum absolute atomic E-state index is 0.0705. The first kappa shape index (κ1) is 19.2. The third-order valence-electron chi connectivity index (χ3n) is 4.76. The highest BCUT2D eigenvalue weighted by Crippen LogP contribution is 2.20. The maximum absolute atomic E-state index is 12.6. The van der Waals surface area contributed by atoms with Gasteiger partial charge in [-0.15, -0.1) is 0 Å². The van der Waals surface area contributed by atoms with Gasteiger partial charge >= 0.3 is 0 Å². The molecule has 0 radical (unpaired) electrons. The molecule has 0 aliphatic carbocycles. The van der Waals surface area contributed by atoms with Gasteiger partial charge in [0.2, 0.25) is 5.91 Å². The van der Waals surface area contributed by atoms with Crippen LogP contribution >= 0.6 is 0 Å². The van der Waals surface area contributed by atoms with Crippen molar-refractivity contribution in [1.29, 1.82) is 0 Å². The molecule has 0 saturated carbocycles. The molecule has 25 heavy (non-hydrogen) atoms. The number of para-hydroxylation sites is 1. The summed E-state index contributed by atoms with van der Waals surface area (Å²) in [6.07, 6.45) is 4.88. The predicted octanol–water partition coefficient (Wildman–Crippen LogP) is 3.81. The molecule has 0 aliphatic heterocycles. The molecule has 5 heteroatoms. The van der Waals surface area contributed by atoms with E-state index >= 15 is 0 Å². The Balaban J connectivity index is 2.26. The van der Waals surface area contributed by atoms with Gasteiger partial charge in [0.15, 0.2) is 0 Å². The highest BCUT2D eigenvalue weighted by molar-refractivity contribution is 5.78. The zero-order chi connectivity index (χ0) is 18.4. The number of rotatable bonds is 8. The molecule has 0 spiro atoms. The number of hydrogen-bond donors (Lipinski definition) is 0. The molecule has 136 valence electrons. The molecule has 1 aromatic carbocycles. The molecular weight excluding hydrogens is 314 g/mol. The molecule has 0 bridgehead atoms.